The van der Waals surface area contributed by atoms with E-state index in [9.17, 15) is 10.2 Å². The molecule has 0 saturated carbocycles. The Hall–Kier alpha value is -1.70. The molecule has 2 heteroatoms. The predicted molar refractivity (Wildman–Crippen MR) is 120 cm³/mol. The van der Waals surface area contributed by atoms with Crippen molar-refractivity contribution in [2.24, 2.45) is 5.92 Å². The number of aromatic hydroxyl groups is 2. The lowest BCUT2D eigenvalue weighted by atomic mass is 9.63. The maximum Gasteiger partial charge on any atom is 0.123 e. The Bertz CT molecular complexity index is 718. The molecule has 0 radical (unpaired) electrons. The van der Waals surface area contributed by atoms with Crippen LogP contribution in [0.5, 0.6) is 11.5 Å². The van der Waals surface area contributed by atoms with Gasteiger partial charge in [0.05, 0.1) is 0 Å². The van der Waals surface area contributed by atoms with Crippen molar-refractivity contribution in [3.63, 3.8) is 0 Å². The average molecular weight is 385 g/mol. The van der Waals surface area contributed by atoms with Gasteiger partial charge in [-0.1, -0.05) is 77.2 Å². The van der Waals surface area contributed by atoms with Gasteiger partial charge in [-0.15, -0.1) is 0 Å². The summed E-state index contributed by atoms with van der Waals surface area (Å²) in [6, 6.07) is 3.76. The largest absolute Gasteiger partial charge is 0.507 e. The zero-order valence-electron chi connectivity index (χ0n) is 18.9. The molecule has 0 heterocycles. The van der Waals surface area contributed by atoms with Crippen LogP contribution in [-0.2, 0) is 10.8 Å². The summed E-state index contributed by atoms with van der Waals surface area (Å²) in [6.07, 6.45) is 10.2. The van der Waals surface area contributed by atoms with E-state index in [4.69, 9.17) is 0 Å². The van der Waals surface area contributed by atoms with E-state index in [0.29, 0.717) is 5.56 Å². The second-order valence-corrected chi connectivity index (χ2v) is 9.80. The molecule has 1 aromatic carbocycles. The highest BCUT2D eigenvalue weighted by atomic mass is 16.3. The normalized spacial score (nSPS) is 22.8. The van der Waals surface area contributed by atoms with E-state index in [1.807, 2.05) is 12.1 Å². The molecule has 0 aromatic heterocycles. The van der Waals surface area contributed by atoms with Gasteiger partial charge < -0.3 is 10.2 Å². The lowest BCUT2D eigenvalue weighted by Gasteiger charge is -2.41. The van der Waals surface area contributed by atoms with E-state index in [0.717, 1.165) is 30.4 Å². The molecule has 156 valence electrons. The monoisotopic (exact) mass is 384 g/mol. The molecule has 0 unspecified atom stereocenters. The fraction of sp³-hybridized carbons (Fsp3) is 0.615. The molecule has 0 fully saturated rings. The standard InChI is InChI=1S/C26H40O2/c1-8-9-10-11-14-25(5,6)20-15-22(27)24(23(28)16-20)26(7)17-19(4)12-13-21(26)18(2)3/h15-17,21,27-28H,2,8-14H2,1,3-7H3/t21-,26+/m0/s1. The van der Waals surface area contributed by atoms with Crippen LogP contribution in [-0.4, -0.2) is 10.2 Å². The topological polar surface area (TPSA) is 40.5 Å². The zero-order chi connectivity index (χ0) is 21.1. The van der Waals surface area contributed by atoms with Crippen LogP contribution in [0.2, 0.25) is 0 Å². The molecule has 0 aliphatic heterocycles. The maximum atomic E-state index is 11.0. The minimum Gasteiger partial charge on any atom is -0.507 e. The molecule has 2 rings (SSSR count). The van der Waals surface area contributed by atoms with Crippen molar-refractivity contribution in [1.29, 1.82) is 0 Å². The van der Waals surface area contributed by atoms with E-state index in [2.05, 4.69) is 54.2 Å². The van der Waals surface area contributed by atoms with Crippen molar-refractivity contribution in [3.8, 4) is 11.5 Å². The summed E-state index contributed by atoms with van der Waals surface area (Å²) in [7, 11) is 0. The van der Waals surface area contributed by atoms with Crippen LogP contribution in [0.15, 0.2) is 35.9 Å². The molecule has 0 bridgehead atoms. The Morgan fingerprint density at radius 2 is 1.79 bits per heavy atom. The third kappa shape index (κ3) is 4.64. The average Bonchev–Trinajstić information content (AvgIpc) is 2.57. The SMILES string of the molecule is C=C(C)[C@@H]1CCC(C)=C[C@@]1(C)c1c(O)cc(C(C)(C)CCCCCC)cc1O. The molecule has 1 aliphatic rings. The van der Waals surface area contributed by atoms with Crippen molar-refractivity contribution in [3.05, 3.63) is 47.1 Å². The van der Waals surface area contributed by atoms with E-state index in [1.54, 1.807) is 0 Å². The Kier molecular flexibility index (Phi) is 7.07. The molecule has 0 saturated heterocycles. The molecule has 1 aromatic rings. The summed E-state index contributed by atoms with van der Waals surface area (Å²) in [5.41, 5.74) is 3.55. The zero-order valence-corrected chi connectivity index (χ0v) is 18.9. The van der Waals surface area contributed by atoms with E-state index in [1.165, 1.54) is 31.3 Å². The molecular formula is C26H40O2. The maximum absolute atomic E-state index is 11.0. The van der Waals surface area contributed by atoms with Crippen LogP contribution in [0.1, 0.15) is 97.6 Å². The van der Waals surface area contributed by atoms with Gasteiger partial charge in [-0.2, -0.15) is 0 Å². The van der Waals surface area contributed by atoms with Crippen molar-refractivity contribution in [2.75, 3.05) is 0 Å². The molecule has 2 nitrogen and oxygen atoms in total. The van der Waals surface area contributed by atoms with Crippen molar-refractivity contribution >= 4 is 0 Å². The first kappa shape index (κ1) is 22.6. The second-order valence-electron chi connectivity index (χ2n) is 9.80. The number of benzene rings is 1. The van der Waals surface area contributed by atoms with Crippen LogP contribution >= 0.6 is 0 Å². The van der Waals surface area contributed by atoms with Crippen molar-refractivity contribution < 1.29 is 10.2 Å². The lowest BCUT2D eigenvalue weighted by molar-refractivity contribution is 0.330. The Balaban J connectivity index is 2.43. The molecule has 1 aliphatic carbocycles. The number of hydrogen-bond donors (Lipinski definition) is 2. The quantitative estimate of drug-likeness (QED) is 0.359. The minimum absolute atomic E-state index is 0.0752. The highest BCUT2D eigenvalue weighted by molar-refractivity contribution is 5.56. The Labute approximate surface area is 172 Å². The number of unbranched alkanes of at least 4 members (excludes halogenated alkanes) is 3. The molecular weight excluding hydrogens is 344 g/mol. The van der Waals surface area contributed by atoms with Crippen molar-refractivity contribution in [1.82, 2.24) is 0 Å². The molecule has 0 spiro atoms. The van der Waals surface area contributed by atoms with Gasteiger partial charge in [0, 0.05) is 11.0 Å². The van der Waals surface area contributed by atoms with Gasteiger partial charge in [0.25, 0.3) is 0 Å². The first-order chi connectivity index (χ1) is 13.0. The fourth-order valence-corrected chi connectivity index (χ4v) is 5.05. The number of rotatable bonds is 8. The van der Waals surface area contributed by atoms with Crippen molar-refractivity contribution in [2.45, 2.75) is 97.3 Å². The van der Waals surface area contributed by atoms with Gasteiger partial charge in [-0.25, -0.2) is 0 Å². The van der Waals surface area contributed by atoms with Crippen LogP contribution in [0.4, 0.5) is 0 Å². The molecule has 2 N–H and O–H groups in total. The lowest BCUT2D eigenvalue weighted by Crippen LogP contribution is -2.34. The summed E-state index contributed by atoms with van der Waals surface area (Å²) in [4.78, 5) is 0. The van der Waals surface area contributed by atoms with Gasteiger partial charge in [0.15, 0.2) is 0 Å². The van der Waals surface area contributed by atoms with Crippen LogP contribution in [0.25, 0.3) is 0 Å². The molecule has 28 heavy (non-hydrogen) atoms. The summed E-state index contributed by atoms with van der Waals surface area (Å²) < 4.78 is 0. The third-order valence-electron chi connectivity index (χ3n) is 6.76. The van der Waals surface area contributed by atoms with E-state index in [-0.39, 0.29) is 22.8 Å². The summed E-state index contributed by atoms with van der Waals surface area (Å²) in [6.45, 7) is 17.1. The first-order valence-electron chi connectivity index (χ1n) is 10.9. The Morgan fingerprint density at radius 1 is 1.18 bits per heavy atom. The number of hydrogen-bond acceptors (Lipinski definition) is 2. The number of phenols is 2. The number of phenolic OH excluding ortho intramolecular Hbond substituents is 2. The predicted octanol–water partition coefficient (Wildman–Crippen LogP) is 7.54. The summed E-state index contributed by atoms with van der Waals surface area (Å²) in [5.74, 6) is 0.619. The number of allylic oxidation sites excluding steroid dienone is 3. The fourth-order valence-electron chi connectivity index (χ4n) is 5.05. The third-order valence-corrected chi connectivity index (χ3v) is 6.76. The summed E-state index contributed by atoms with van der Waals surface area (Å²) >= 11 is 0. The first-order valence-corrected chi connectivity index (χ1v) is 10.9. The highest BCUT2D eigenvalue weighted by Crippen LogP contribution is 2.51. The van der Waals surface area contributed by atoms with Gasteiger partial charge in [0.2, 0.25) is 0 Å². The van der Waals surface area contributed by atoms with Crippen LogP contribution in [0, 0.1) is 5.92 Å². The van der Waals surface area contributed by atoms with Gasteiger partial charge in [-0.3, -0.25) is 0 Å². The smallest absolute Gasteiger partial charge is 0.123 e. The van der Waals surface area contributed by atoms with E-state index < -0.39 is 5.41 Å². The van der Waals surface area contributed by atoms with Gasteiger partial charge in [0.1, 0.15) is 11.5 Å². The van der Waals surface area contributed by atoms with Gasteiger partial charge >= 0.3 is 0 Å². The molecule has 2 atom stereocenters. The van der Waals surface area contributed by atoms with Crippen LogP contribution in [0.3, 0.4) is 0 Å². The van der Waals surface area contributed by atoms with Gasteiger partial charge in [-0.05, 0) is 62.1 Å². The summed E-state index contributed by atoms with van der Waals surface area (Å²) in [5, 5.41) is 22.1. The van der Waals surface area contributed by atoms with Crippen LogP contribution < -0.4 is 0 Å². The minimum atomic E-state index is -0.438. The highest BCUT2D eigenvalue weighted by Gasteiger charge is 2.41. The Morgan fingerprint density at radius 3 is 2.32 bits per heavy atom. The second kappa shape index (κ2) is 8.76. The molecule has 0 amide bonds. The van der Waals surface area contributed by atoms with E-state index >= 15 is 0 Å².